The van der Waals surface area contributed by atoms with Crippen LogP contribution in [0, 0.1) is 0 Å². The number of nitrogen functional groups attached to an aromatic ring is 1. The first-order valence-corrected chi connectivity index (χ1v) is 6.30. The Morgan fingerprint density at radius 1 is 1.42 bits per heavy atom. The number of carbonyl (C=O) groups is 1. The highest BCUT2D eigenvalue weighted by Crippen LogP contribution is 2.18. The number of carbonyl (C=O) groups excluding carboxylic acids is 1. The molecule has 0 aliphatic carbocycles. The molecule has 0 fully saturated rings. The highest BCUT2D eigenvalue weighted by atomic mass is 16.5. The van der Waals surface area contributed by atoms with Crippen LogP contribution in [-0.4, -0.2) is 30.7 Å². The van der Waals surface area contributed by atoms with E-state index >= 15 is 0 Å². The summed E-state index contributed by atoms with van der Waals surface area (Å²) < 4.78 is 6.85. The molecule has 102 valence electrons. The van der Waals surface area contributed by atoms with Gasteiger partial charge in [-0.3, -0.25) is 4.79 Å². The summed E-state index contributed by atoms with van der Waals surface area (Å²) in [5.41, 5.74) is 7.47. The number of ether oxygens (including phenoxy) is 1. The van der Waals surface area contributed by atoms with Gasteiger partial charge in [-0.1, -0.05) is 0 Å². The van der Waals surface area contributed by atoms with E-state index in [2.05, 4.69) is 5.32 Å². The normalized spacial score (nSPS) is 10.8. The summed E-state index contributed by atoms with van der Waals surface area (Å²) >= 11 is 0. The van der Waals surface area contributed by atoms with E-state index in [1.165, 1.54) is 0 Å². The van der Waals surface area contributed by atoms with Gasteiger partial charge in [-0.25, -0.2) is 0 Å². The molecule has 0 spiro atoms. The fourth-order valence-electron chi connectivity index (χ4n) is 2.01. The summed E-state index contributed by atoms with van der Waals surface area (Å²) in [6, 6.07) is 7.64. The van der Waals surface area contributed by atoms with Crippen LogP contribution >= 0.6 is 0 Å². The monoisotopic (exact) mass is 261 g/mol. The lowest BCUT2D eigenvalue weighted by Crippen LogP contribution is -2.28. The maximum absolute atomic E-state index is 11.8. The first-order chi connectivity index (χ1) is 9.20. The number of nitrogens with zero attached hydrogens (tertiary/aromatic N) is 1. The Morgan fingerprint density at radius 2 is 2.26 bits per heavy atom. The number of aromatic nitrogens is 1. The summed E-state index contributed by atoms with van der Waals surface area (Å²) in [6.45, 7) is 1.62. The van der Waals surface area contributed by atoms with Gasteiger partial charge in [0.2, 0.25) is 5.91 Å². The molecule has 5 nitrogen and oxygen atoms in total. The fourth-order valence-corrected chi connectivity index (χ4v) is 2.01. The predicted octanol–water partition coefficient (Wildman–Crippen LogP) is 1.38. The van der Waals surface area contributed by atoms with Crippen molar-refractivity contribution in [2.24, 2.45) is 0 Å². The van der Waals surface area contributed by atoms with Gasteiger partial charge in [0.15, 0.2) is 0 Å². The standard InChI is InChI=1S/C14H19N3O2/c1-19-8-2-6-16-14(18)10-17-7-5-11-9-12(15)3-4-13(11)17/h3-5,7,9H,2,6,8,10,15H2,1H3,(H,16,18). The summed E-state index contributed by atoms with van der Waals surface area (Å²) in [4.78, 5) is 11.8. The number of rotatable bonds is 6. The van der Waals surface area contributed by atoms with Gasteiger partial charge in [0, 0.05) is 43.0 Å². The molecule has 0 atom stereocenters. The van der Waals surface area contributed by atoms with Gasteiger partial charge >= 0.3 is 0 Å². The lowest BCUT2D eigenvalue weighted by molar-refractivity contribution is -0.121. The van der Waals surface area contributed by atoms with Gasteiger partial charge in [-0.15, -0.1) is 0 Å². The molecule has 2 rings (SSSR count). The minimum absolute atomic E-state index is 0.00503. The predicted molar refractivity (Wildman–Crippen MR) is 75.9 cm³/mol. The van der Waals surface area contributed by atoms with Crippen molar-refractivity contribution >= 4 is 22.5 Å². The minimum Gasteiger partial charge on any atom is -0.399 e. The molecule has 0 bridgehead atoms. The van der Waals surface area contributed by atoms with Crippen LogP contribution in [0.25, 0.3) is 10.9 Å². The molecule has 0 radical (unpaired) electrons. The number of nitrogens with two attached hydrogens (primary N) is 1. The van der Waals surface area contributed by atoms with Crippen LogP contribution in [0.4, 0.5) is 5.69 Å². The van der Waals surface area contributed by atoms with Crippen molar-refractivity contribution in [1.82, 2.24) is 9.88 Å². The summed E-state index contributed by atoms with van der Waals surface area (Å²) in [6.07, 6.45) is 2.73. The zero-order valence-corrected chi connectivity index (χ0v) is 11.1. The number of nitrogens with one attached hydrogen (secondary N) is 1. The summed E-state index contributed by atoms with van der Waals surface area (Å²) in [5.74, 6) is 0.00503. The van der Waals surface area contributed by atoms with Crippen LogP contribution in [0.3, 0.4) is 0 Å². The number of fused-ring (bicyclic) bond motifs is 1. The Bertz CT molecular complexity index is 563. The molecule has 0 saturated heterocycles. The van der Waals surface area contributed by atoms with Gasteiger partial charge < -0.3 is 20.4 Å². The van der Waals surface area contributed by atoms with Gasteiger partial charge in [0.1, 0.15) is 6.54 Å². The second-order valence-electron chi connectivity index (χ2n) is 4.46. The maximum atomic E-state index is 11.8. The number of benzene rings is 1. The van der Waals surface area contributed by atoms with Crippen LogP contribution in [0.1, 0.15) is 6.42 Å². The van der Waals surface area contributed by atoms with Crippen molar-refractivity contribution in [1.29, 1.82) is 0 Å². The molecular formula is C14H19N3O2. The molecule has 2 aromatic rings. The third-order valence-electron chi connectivity index (χ3n) is 2.96. The number of amides is 1. The van der Waals surface area contributed by atoms with Crippen molar-refractivity contribution in [2.45, 2.75) is 13.0 Å². The molecule has 0 unspecified atom stereocenters. The summed E-state index contributed by atoms with van der Waals surface area (Å²) in [7, 11) is 1.65. The zero-order valence-electron chi connectivity index (χ0n) is 11.1. The molecule has 0 aliphatic rings. The Kier molecular flexibility index (Phi) is 4.41. The third kappa shape index (κ3) is 3.48. The summed E-state index contributed by atoms with van der Waals surface area (Å²) in [5, 5.41) is 3.92. The molecule has 0 saturated carbocycles. The zero-order chi connectivity index (χ0) is 13.7. The van der Waals surface area contributed by atoms with Crippen LogP contribution in [-0.2, 0) is 16.1 Å². The van der Waals surface area contributed by atoms with Crippen LogP contribution in [0.15, 0.2) is 30.5 Å². The van der Waals surface area contributed by atoms with E-state index in [4.69, 9.17) is 10.5 Å². The van der Waals surface area contributed by atoms with Gasteiger partial charge in [-0.05, 0) is 30.7 Å². The van der Waals surface area contributed by atoms with Crippen LogP contribution in [0.5, 0.6) is 0 Å². The average Bonchev–Trinajstić information content (AvgIpc) is 2.77. The molecule has 1 heterocycles. The maximum Gasteiger partial charge on any atom is 0.239 e. The van der Waals surface area contributed by atoms with Crippen molar-refractivity contribution in [2.75, 3.05) is 26.0 Å². The van der Waals surface area contributed by atoms with E-state index in [9.17, 15) is 4.79 Å². The van der Waals surface area contributed by atoms with Gasteiger partial charge in [0.05, 0.1) is 0 Å². The van der Waals surface area contributed by atoms with Gasteiger partial charge in [0.25, 0.3) is 0 Å². The largest absolute Gasteiger partial charge is 0.399 e. The number of hydrogen-bond acceptors (Lipinski definition) is 3. The van der Waals surface area contributed by atoms with E-state index in [-0.39, 0.29) is 5.91 Å². The number of methoxy groups -OCH3 is 1. The molecule has 19 heavy (non-hydrogen) atoms. The first kappa shape index (κ1) is 13.4. The van der Waals surface area contributed by atoms with E-state index in [1.807, 2.05) is 35.0 Å². The minimum atomic E-state index is 0.00503. The smallest absolute Gasteiger partial charge is 0.239 e. The molecule has 1 aromatic carbocycles. The second kappa shape index (κ2) is 6.24. The van der Waals surface area contributed by atoms with Crippen molar-refractivity contribution in [3.05, 3.63) is 30.5 Å². The average molecular weight is 261 g/mol. The van der Waals surface area contributed by atoms with Crippen molar-refractivity contribution in [3.63, 3.8) is 0 Å². The Hall–Kier alpha value is -2.01. The van der Waals surface area contributed by atoms with Crippen molar-refractivity contribution in [3.8, 4) is 0 Å². The number of anilines is 1. The highest BCUT2D eigenvalue weighted by Gasteiger charge is 2.05. The SMILES string of the molecule is COCCCNC(=O)Cn1ccc2cc(N)ccc21. The topological polar surface area (TPSA) is 69.3 Å². The van der Waals surface area contributed by atoms with Crippen molar-refractivity contribution < 1.29 is 9.53 Å². The quantitative estimate of drug-likeness (QED) is 0.609. The van der Waals surface area contributed by atoms with Crippen LogP contribution in [0.2, 0.25) is 0 Å². The van der Waals surface area contributed by atoms with E-state index in [1.54, 1.807) is 7.11 Å². The van der Waals surface area contributed by atoms with E-state index in [0.29, 0.717) is 19.7 Å². The lowest BCUT2D eigenvalue weighted by Gasteiger charge is -2.07. The van der Waals surface area contributed by atoms with E-state index < -0.39 is 0 Å². The lowest BCUT2D eigenvalue weighted by atomic mass is 10.2. The number of hydrogen-bond donors (Lipinski definition) is 2. The van der Waals surface area contributed by atoms with E-state index in [0.717, 1.165) is 23.0 Å². The fraction of sp³-hybridized carbons (Fsp3) is 0.357. The van der Waals surface area contributed by atoms with Crippen LogP contribution < -0.4 is 11.1 Å². The molecular weight excluding hydrogens is 242 g/mol. The molecule has 5 heteroatoms. The Balaban J connectivity index is 1.95. The molecule has 1 aromatic heterocycles. The molecule has 1 amide bonds. The molecule has 3 N–H and O–H groups in total. The third-order valence-corrected chi connectivity index (χ3v) is 2.96. The Labute approximate surface area is 112 Å². The first-order valence-electron chi connectivity index (χ1n) is 6.30. The Morgan fingerprint density at radius 3 is 3.05 bits per heavy atom. The van der Waals surface area contributed by atoms with Gasteiger partial charge in [-0.2, -0.15) is 0 Å². The molecule has 0 aliphatic heterocycles. The second-order valence-corrected chi connectivity index (χ2v) is 4.46. The highest BCUT2D eigenvalue weighted by molar-refractivity contribution is 5.85.